The van der Waals surface area contributed by atoms with Gasteiger partial charge in [0.25, 0.3) is 0 Å². The minimum atomic E-state index is 0. The zero-order valence-electron chi connectivity index (χ0n) is 17.0. The molecule has 3 nitrogen and oxygen atoms in total. The molecule has 0 spiro atoms. The van der Waals surface area contributed by atoms with E-state index < -0.39 is 0 Å². The van der Waals surface area contributed by atoms with Crippen LogP contribution in [-0.4, -0.2) is 29.3 Å². The Balaban J connectivity index is 0.000000376. The number of nitrogens with zero attached hydrogens (tertiary/aromatic N) is 3. The van der Waals surface area contributed by atoms with Crippen molar-refractivity contribution in [2.75, 3.05) is 24.2 Å². The second-order valence-corrected chi connectivity index (χ2v) is 7.88. The Morgan fingerprint density at radius 2 is 1.33 bits per heavy atom. The summed E-state index contributed by atoms with van der Waals surface area (Å²) >= 11 is 1.76. The molecule has 152 valence electrons. The van der Waals surface area contributed by atoms with Gasteiger partial charge in [-0.1, -0.05) is 12.1 Å². The maximum Gasteiger partial charge on any atom is 2.00 e. The van der Waals surface area contributed by atoms with Crippen molar-refractivity contribution in [3.05, 3.63) is 99.7 Å². The monoisotopic (exact) mass is 455 g/mol. The van der Waals surface area contributed by atoms with E-state index in [0.29, 0.717) is 0 Å². The minimum Gasteiger partial charge on any atom is -0.341 e. The van der Waals surface area contributed by atoms with Crippen LogP contribution in [0, 0.1) is 63.7 Å². The van der Waals surface area contributed by atoms with Gasteiger partial charge in [-0.3, -0.25) is 0 Å². The van der Waals surface area contributed by atoms with Crippen LogP contribution >= 0.6 is 11.8 Å². The van der Waals surface area contributed by atoms with Crippen LogP contribution in [0.25, 0.3) is 11.3 Å². The van der Waals surface area contributed by atoms with Gasteiger partial charge in [-0.25, -0.2) is 9.97 Å². The largest absolute Gasteiger partial charge is 2.00 e. The number of hydrogen-bond donors (Lipinski definition) is 0. The smallest absolute Gasteiger partial charge is 0.341 e. The first-order chi connectivity index (χ1) is 14.3. The number of hydrogen-bond acceptors (Lipinski definition) is 4. The number of thioether (sulfide) groups is 1. The number of anilines is 1. The molecular formula is C25H25FeN3S+2. The summed E-state index contributed by atoms with van der Waals surface area (Å²) in [5.74, 6) is 2.01. The average molecular weight is 455 g/mol. The molecule has 1 saturated heterocycles. The van der Waals surface area contributed by atoms with Crippen molar-refractivity contribution in [1.82, 2.24) is 9.97 Å². The Hall–Kier alpha value is -1.03. The van der Waals surface area contributed by atoms with Gasteiger partial charge in [0.15, 0.2) is 0 Å². The van der Waals surface area contributed by atoms with E-state index in [4.69, 9.17) is 9.97 Å². The molecule has 0 bridgehead atoms. The standard InChI is InChI=1S/C20H20N3S.C5H5.Fe/c1-24-17-10-8-16(9-11-17)19-14-18(15-6-2-3-7-15)21-20(22-19)23-12-4-5-13-23;1-2-4-5-3-1;/h2-3,6-11,14H,4-5,12-13H2,1H3;1-5H;/q;;+2. The summed E-state index contributed by atoms with van der Waals surface area (Å²) in [5, 5.41) is 0. The van der Waals surface area contributed by atoms with Crippen molar-refractivity contribution in [2.45, 2.75) is 17.7 Å². The van der Waals surface area contributed by atoms with Gasteiger partial charge in [-0.2, -0.15) is 0 Å². The van der Waals surface area contributed by atoms with E-state index in [0.717, 1.165) is 41.9 Å². The molecule has 2 aromatic rings. The van der Waals surface area contributed by atoms with Crippen LogP contribution in [0.1, 0.15) is 18.5 Å². The summed E-state index contributed by atoms with van der Waals surface area (Å²) < 4.78 is 0. The summed E-state index contributed by atoms with van der Waals surface area (Å²) in [6, 6.07) is 10.7. The van der Waals surface area contributed by atoms with Crippen LogP contribution in [0.3, 0.4) is 0 Å². The summed E-state index contributed by atoms with van der Waals surface area (Å²) in [7, 11) is 0. The summed E-state index contributed by atoms with van der Waals surface area (Å²) in [5.41, 5.74) is 3.14. The molecule has 10 radical (unpaired) electrons. The quantitative estimate of drug-likeness (QED) is 0.466. The third-order valence-corrected chi connectivity index (χ3v) is 5.75. The molecule has 3 fully saturated rings. The molecule has 0 unspecified atom stereocenters. The maximum absolute atomic E-state index is 4.86. The molecule has 1 aliphatic heterocycles. The van der Waals surface area contributed by atoms with Gasteiger partial charge >= 0.3 is 17.1 Å². The van der Waals surface area contributed by atoms with Crippen LogP contribution in [-0.2, 0) is 17.1 Å². The van der Waals surface area contributed by atoms with Crippen LogP contribution in [0.2, 0.25) is 0 Å². The Bertz CT molecular complexity index is 723. The van der Waals surface area contributed by atoms with Crippen molar-refractivity contribution >= 4 is 17.7 Å². The molecule has 5 heteroatoms. The van der Waals surface area contributed by atoms with Crippen molar-refractivity contribution in [3.8, 4) is 11.3 Å². The Morgan fingerprint density at radius 3 is 1.90 bits per heavy atom. The predicted molar refractivity (Wildman–Crippen MR) is 122 cm³/mol. The molecule has 0 amide bonds. The van der Waals surface area contributed by atoms with Gasteiger partial charge < -0.3 is 4.90 Å². The normalized spacial score (nSPS) is 18.8. The third kappa shape index (κ3) is 6.24. The van der Waals surface area contributed by atoms with Gasteiger partial charge in [-0.15, -0.1) is 11.8 Å². The number of aromatic nitrogens is 2. The number of rotatable bonds is 4. The van der Waals surface area contributed by atoms with Crippen LogP contribution in [0.15, 0.2) is 35.2 Å². The molecule has 5 rings (SSSR count). The molecule has 2 saturated carbocycles. The third-order valence-electron chi connectivity index (χ3n) is 5.00. The van der Waals surface area contributed by atoms with Gasteiger partial charge in [0.1, 0.15) is 0 Å². The zero-order valence-corrected chi connectivity index (χ0v) is 18.9. The predicted octanol–water partition coefficient (Wildman–Crippen LogP) is 5.24. The Morgan fingerprint density at radius 1 is 0.767 bits per heavy atom. The van der Waals surface area contributed by atoms with Crippen LogP contribution in [0.5, 0.6) is 0 Å². The second-order valence-electron chi connectivity index (χ2n) is 7.00. The SMILES string of the molecule is CSc1ccc(-c2cc([C]3[CH][CH][CH][CH]3)nc(N3CCCC3)n2)cc1.[CH]1[CH][CH][CH][CH]1.[Fe+2]. The van der Waals surface area contributed by atoms with Crippen LogP contribution < -0.4 is 4.90 Å². The molecule has 0 N–H and O–H groups in total. The number of benzene rings is 1. The van der Waals surface area contributed by atoms with E-state index in [1.807, 2.05) is 32.1 Å². The van der Waals surface area contributed by atoms with E-state index in [9.17, 15) is 0 Å². The van der Waals surface area contributed by atoms with E-state index in [2.05, 4.69) is 67.2 Å². The average Bonchev–Trinajstić information content (AvgIpc) is 3.56. The first-order valence-electron chi connectivity index (χ1n) is 10.0. The zero-order chi connectivity index (χ0) is 19.9. The van der Waals surface area contributed by atoms with Crippen molar-refractivity contribution in [1.29, 1.82) is 0 Å². The summed E-state index contributed by atoms with van der Waals surface area (Å²) in [6.45, 7) is 2.10. The van der Waals surface area contributed by atoms with E-state index in [-0.39, 0.29) is 17.1 Å². The van der Waals surface area contributed by atoms with E-state index in [1.165, 1.54) is 17.7 Å². The fourth-order valence-corrected chi connectivity index (χ4v) is 3.82. The van der Waals surface area contributed by atoms with Crippen molar-refractivity contribution < 1.29 is 17.1 Å². The van der Waals surface area contributed by atoms with Crippen molar-refractivity contribution in [2.24, 2.45) is 0 Å². The molecule has 0 atom stereocenters. The summed E-state index contributed by atoms with van der Waals surface area (Å²) in [6.07, 6.45) is 22.9. The van der Waals surface area contributed by atoms with Gasteiger partial charge in [0.2, 0.25) is 5.95 Å². The summed E-state index contributed by atoms with van der Waals surface area (Å²) in [4.78, 5) is 13.3. The Labute approximate surface area is 197 Å². The minimum absolute atomic E-state index is 0. The van der Waals surface area contributed by atoms with E-state index >= 15 is 0 Å². The first kappa shape index (κ1) is 23.6. The fourth-order valence-electron chi connectivity index (χ4n) is 3.42. The van der Waals surface area contributed by atoms with Crippen LogP contribution in [0.4, 0.5) is 5.95 Å². The molecule has 2 aliphatic carbocycles. The molecule has 2 heterocycles. The van der Waals surface area contributed by atoms with E-state index in [1.54, 1.807) is 11.8 Å². The second kappa shape index (κ2) is 12.1. The molecule has 1 aromatic carbocycles. The maximum atomic E-state index is 4.86. The fraction of sp³-hybridized carbons (Fsp3) is 0.200. The molecule has 3 aliphatic rings. The van der Waals surface area contributed by atoms with Crippen molar-refractivity contribution in [3.63, 3.8) is 0 Å². The van der Waals surface area contributed by atoms with Gasteiger partial charge in [0.05, 0.1) is 11.4 Å². The Kier molecular flexibility index (Phi) is 9.55. The molecule has 30 heavy (non-hydrogen) atoms. The topological polar surface area (TPSA) is 29.0 Å². The molecular weight excluding hydrogens is 430 g/mol. The molecule has 1 aromatic heterocycles. The van der Waals surface area contributed by atoms with Gasteiger partial charge in [-0.05, 0) is 95.1 Å². The first-order valence-corrected chi connectivity index (χ1v) is 11.2. The van der Waals surface area contributed by atoms with Gasteiger partial charge in [0, 0.05) is 29.5 Å².